The number of aliphatic hydroxyl groups excluding tert-OH is 1. The quantitative estimate of drug-likeness (QED) is 0.612. The Labute approximate surface area is 195 Å². The van der Waals surface area contributed by atoms with Gasteiger partial charge in [-0.25, -0.2) is 13.8 Å². The highest BCUT2D eigenvalue weighted by Gasteiger charge is 2.50. The van der Waals surface area contributed by atoms with Gasteiger partial charge in [0.1, 0.15) is 24.0 Å². The largest absolute Gasteiger partial charge is 0.495 e. The highest BCUT2D eigenvalue weighted by molar-refractivity contribution is 6.03. The summed E-state index contributed by atoms with van der Waals surface area (Å²) in [6.45, 7) is 1.89. The van der Waals surface area contributed by atoms with Crippen LogP contribution >= 0.6 is 0 Å². The van der Waals surface area contributed by atoms with Crippen molar-refractivity contribution in [3.8, 4) is 11.4 Å². The van der Waals surface area contributed by atoms with Crippen LogP contribution in [0.1, 0.15) is 29.7 Å². The van der Waals surface area contributed by atoms with Crippen LogP contribution in [0, 0.1) is 18.6 Å². The van der Waals surface area contributed by atoms with Gasteiger partial charge in [-0.1, -0.05) is 11.2 Å². The minimum absolute atomic E-state index is 0.0399. The van der Waals surface area contributed by atoms with E-state index in [9.17, 15) is 13.9 Å². The molecule has 0 spiro atoms. The van der Waals surface area contributed by atoms with Crippen LogP contribution in [0.4, 0.5) is 8.78 Å². The molecule has 0 radical (unpaired) electrons. The van der Waals surface area contributed by atoms with Gasteiger partial charge in [0.2, 0.25) is 0 Å². The molecule has 2 aliphatic heterocycles. The number of aliphatic hydroxyl groups is 1. The first-order valence-corrected chi connectivity index (χ1v) is 11.0. The third-order valence-electron chi connectivity index (χ3n) is 6.19. The lowest BCUT2D eigenvalue weighted by molar-refractivity contribution is -0.139. The number of piperidine rings is 1. The first-order valence-electron chi connectivity index (χ1n) is 11.0. The molecular weight excluding hydrogens is 442 g/mol. The van der Waals surface area contributed by atoms with Gasteiger partial charge in [0.15, 0.2) is 5.84 Å². The van der Waals surface area contributed by atoms with Crippen LogP contribution in [-0.4, -0.2) is 45.7 Å². The fraction of sp³-hybridized carbons (Fsp3) is 0.280. The van der Waals surface area contributed by atoms with Gasteiger partial charge in [0, 0.05) is 18.8 Å². The number of methoxy groups -OCH3 is 1. The maximum Gasteiger partial charge on any atom is 0.263 e. The number of hydrogen-bond donors (Lipinski definition) is 1. The van der Waals surface area contributed by atoms with Crippen molar-refractivity contribution in [2.24, 2.45) is 5.16 Å². The molecule has 0 amide bonds. The number of aryl methyl sites for hydroxylation is 1. The van der Waals surface area contributed by atoms with Crippen molar-refractivity contribution in [2.45, 2.75) is 25.5 Å². The highest BCUT2D eigenvalue weighted by atomic mass is 19.1. The molecule has 2 aliphatic rings. The molecule has 0 aliphatic carbocycles. The van der Waals surface area contributed by atoms with Crippen LogP contribution < -0.4 is 4.74 Å². The lowest BCUT2D eigenvalue weighted by Crippen LogP contribution is -2.51. The summed E-state index contributed by atoms with van der Waals surface area (Å²) in [6.07, 6.45) is 7.12. The van der Waals surface area contributed by atoms with Gasteiger partial charge < -0.3 is 24.1 Å². The molecule has 2 aromatic carbocycles. The van der Waals surface area contributed by atoms with E-state index in [1.54, 1.807) is 18.3 Å². The number of ether oxygens (including phenoxy) is 1. The van der Waals surface area contributed by atoms with E-state index in [0.717, 1.165) is 47.5 Å². The van der Waals surface area contributed by atoms with Gasteiger partial charge in [0.25, 0.3) is 5.72 Å². The van der Waals surface area contributed by atoms with E-state index in [-0.39, 0.29) is 5.56 Å². The lowest BCUT2D eigenvalue weighted by Gasteiger charge is -2.38. The Morgan fingerprint density at radius 1 is 1.24 bits per heavy atom. The molecule has 1 unspecified atom stereocenters. The maximum absolute atomic E-state index is 14.7. The van der Waals surface area contributed by atoms with Crippen LogP contribution in [0.5, 0.6) is 5.75 Å². The Kier molecular flexibility index (Phi) is 5.57. The fourth-order valence-electron chi connectivity index (χ4n) is 4.53. The third kappa shape index (κ3) is 3.62. The monoisotopic (exact) mass is 466 g/mol. The second-order valence-corrected chi connectivity index (χ2v) is 8.35. The number of halogens is 2. The molecule has 1 saturated heterocycles. The number of nitrogens with zero attached hydrogens (tertiary/aromatic N) is 4. The van der Waals surface area contributed by atoms with Crippen molar-refractivity contribution < 1.29 is 23.5 Å². The molecule has 0 saturated carbocycles. The Balaban J connectivity index is 1.49. The van der Waals surface area contributed by atoms with E-state index in [0.29, 0.717) is 18.1 Å². The number of fused-ring (bicyclic) bond motifs is 1. The molecule has 3 aromatic rings. The van der Waals surface area contributed by atoms with Crippen molar-refractivity contribution in [1.29, 1.82) is 0 Å². The van der Waals surface area contributed by atoms with E-state index in [1.165, 1.54) is 6.07 Å². The SMILES string of the molecule is COc1cc(/C=C2\CCCN3C2=NOC3(CO)c2ccc(F)cc2F)ccc1-n1cnc(C)c1. The van der Waals surface area contributed by atoms with Crippen molar-refractivity contribution in [2.75, 3.05) is 20.3 Å². The van der Waals surface area contributed by atoms with Gasteiger partial charge in [-0.05, 0) is 61.2 Å². The van der Waals surface area contributed by atoms with Crippen molar-refractivity contribution in [1.82, 2.24) is 14.5 Å². The summed E-state index contributed by atoms with van der Waals surface area (Å²) in [6, 6.07) is 9.06. The molecule has 0 bridgehead atoms. The van der Waals surface area contributed by atoms with Crippen LogP contribution in [0.2, 0.25) is 0 Å². The maximum atomic E-state index is 14.7. The average molecular weight is 466 g/mol. The number of oxime groups is 1. The summed E-state index contributed by atoms with van der Waals surface area (Å²) in [4.78, 5) is 11.7. The van der Waals surface area contributed by atoms with Crippen molar-refractivity contribution in [3.05, 3.63) is 83.0 Å². The second-order valence-electron chi connectivity index (χ2n) is 8.35. The first kappa shape index (κ1) is 22.1. The molecule has 1 N–H and O–H groups in total. The Bertz CT molecular complexity index is 1300. The number of benzene rings is 2. The molecule has 176 valence electrons. The van der Waals surface area contributed by atoms with E-state index in [2.05, 4.69) is 10.1 Å². The predicted molar refractivity (Wildman–Crippen MR) is 122 cm³/mol. The van der Waals surface area contributed by atoms with Crippen LogP contribution in [0.25, 0.3) is 11.8 Å². The molecule has 7 nitrogen and oxygen atoms in total. The third-order valence-corrected chi connectivity index (χ3v) is 6.19. The van der Waals surface area contributed by atoms with E-state index >= 15 is 0 Å². The molecule has 5 rings (SSSR count). The fourth-order valence-corrected chi connectivity index (χ4v) is 4.53. The molecule has 1 atom stereocenters. The van der Waals surface area contributed by atoms with Crippen molar-refractivity contribution >= 4 is 11.9 Å². The second kappa shape index (κ2) is 8.57. The molecule has 3 heterocycles. The number of rotatable bonds is 5. The molecule has 9 heteroatoms. The van der Waals surface area contributed by atoms with Gasteiger partial charge in [0.05, 0.1) is 30.4 Å². The molecular formula is C25H24F2N4O3. The minimum atomic E-state index is -1.53. The summed E-state index contributed by atoms with van der Waals surface area (Å²) in [7, 11) is 1.61. The number of imidazole rings is 1. The highest BCUT2D eigenvalue weighted by Crippen LogP contribution is 2.41. The average Bonchev–Trinajstić information content (AvgIpc) is 3.44. The van der Waals surface area contributed by atoms with Crippen LogP contribution in [0.15, 0.2) is 59.7 Å². The van der Waals surface area contributed by atoms with Gasteiger partial charge in [-0.2, -0.15) is 0 Å². The summed E-state index contributed by atoms with van der Waals surface area (Å²) in [5, 5.41) is 14.5. The molecule has 34 heavy (non-hydrogen) atoms. The number of aromatic nitrogens is 2. The predicted octanol–water partition coefficient (Wildman–Crippen LogP) is 4.14. The first-order chi connectivity index (χ1) is 16.4. The molecule has 1 fully saturated rings. The number of hydrogen-bond acceptors (Lipinski definition) is 6. The van der Waals surface area contributed by atoms with Gasteiger partial charge in [-0.15, -0.1) is 0 Å². The Morgan fingerprint density at radius 3 is 2.79 bits per heavy atom. The summed E-state index contributed by atoms with van der Waals surface area (Å²) in [5.74, 6) is -0.285. The minimum Gasteiger partial charge on any atom is -0.495 e. The summed E-state index contributed by atoms with van der Waals surface area (Å²) >= 11 is 0. The normalized spacial score (nSPS) is 20.8. The van der Waals surface area contributed by atoms with Gasteiger partial charge in [-0.3, -0.25) is 0 Å². The van der Waals surface area contributed by atoms with Gasteiger partial charge >= 0.3 is 0 Å². The number of amidine groups is 1. The Morgan fingerprint density at radius 2 is 2.09 bits per heavy atom. The zero-order chi connectivity index (χ0) is 23.9. The standard InChI is InChI=1S/C25H24F2N4O3/c1-16-13-30(15-28-16)22-8-5-17(11-23(22)33-2)10-18-4-3-9-31-24(18)29-34-25(31,14-32)20-7-6-19(26)12-21(20)27/h5-8,10-13,15,32H,3-4,9,14H2,1-2H3/b18-10+. The van der Waals surface area contributed by atoms with E-state index in [4.69, 9.17) is 9.57 Å². The summed E-state index contributed by atoms with van der Waals surface area (Å²) < 4.78 is 35.7. The molecule has 1 aromatic heterocycles. The van der Waals surface area contributed by atoms with Crippen LogP contribution in [-0.2, 0) is 10.6 Å². The zero-order valence-electron chi connectivity index (χ0n) is 18.8. The smallest absolute Gasteiger partial charge is 0.263 e. The van der Waals surface area contributed by atoms with Crippen LogP contribution in [0.3, 0.4) is 0 Å². The topological polar surface area (TPSA) is 72.1 Å². The van der Waals surface area contributed by atoms with E-state index in [1.807, 2.05) is 42.0 Å². The Hall–Kier alpha value is -3.72. The zero-order valence-corrected chi connectivity index (χ0v) is 18.8. The summed E-state index contributed by atoms with van der Waals surface area (Å²) in [5.41, 5.74) is 2.05. The van der Waals surface area contributed by atoms with E-state index < -0.39 is 24.0 Å². The van der Waals surface area contributed by atoms with Crippen molar-refractivity contribution in [3.63, 3.8) is 0 Å². The lowest BCUT2D eigenvalue weighted by atomic mass is 9.94.